The van der Waals surface area contributed by atoms with Gasteiger partial charge in [-0.3, -0.25) is 0 Å². The Hall–Kier alpha value is -3.24. The number of hydrogen-bond acceptors (Lipinski definition) is 4. The van der Waals surface area contributed by atoms with Crippen LogP contribution in [0.5, 0.6) is 0 Å². The van der Waals surface area contributed by atoms with Crippen molar-refractivity contribution in [1.82, 2.24) is 9.97 Å². The Morgan fingerprint density at radius 2 is 1.46 bits per heavy atom. The third-order valence-corrected chi connectivity index (χ3v) is 5.54. The molecule has 4 heteroatoms. The van der Waals surface area contributed by atoms with Crippen LogP contribution in [0.15, 0.2) is 91.6 Å². The number of fused-ring (bicyclic) bond motifs is 1. The highest BCUT2D eigenvalue weighted by Gasteiger charge is 2.16. The molecule has 138 valence electrons. The van der Waals surface area contributed by atoms with Gasteiger partial charge in [0.25, 0.3) is 0 Å². The molecule has 0 unspecified atom stereocenters. The van der Waals surface area contributed by atoms with Crippen LogP contribution in [0.3, 0.4) is 0 Å². The minimum absolute atomic E-state index is 0.709. The molecule has 0 bridgehead atoms. The summed E-state index contributed by atoms with van der Waals surface area (Å²) >= 11 is 1.65. The molecule has 0 aliphatic rings. The molecule has 4 rings (SSSR count). The van der Waals surface area contributed by atoms with Gasteiger partial charge in [0.2, 0.25) is 0 Å². The van der Waals surface area contributed by atoms with Crippen LogP contribution in [-0.2, 0) is 0 Å². The van der Waals surface area contributed by atoms with E-state index in [2.05, 4.69) is 81.9 Å². The summed E-state index contributed by atoms with van der Waals surface area (Å²) in [7, 11) is 0. The number of benzene rings is 2. The van der Waals surface area contributed by atoms with Gasteiger partial charge in [0.05, 0.1) is 5.39 Å². The summed E-state index contributed by atoms with van der Waals surface area (Å²) in [6, 6.07) is 19.1. The minimum Gasteiger partial charge on any atom is -0.349 e. The lowest BCUT2D eigenvalue weighted by atomic mass is 10.0. The van der Waals surface area contributed by atoms with Crippen LogP contribution in [0, 0.1) is 0 Å². The first kappa shape index (κ1) is 18.1. The molecule has 0 N–H and O–H groups in total. The largest absolute Gasteiger partial charge is 0.349 e. The number of aromatic nitrogens is 2. The Morgan fingerprint density at radius 3 is 2.14 bits per heavy atom. The summed E-state index contributed by atoms with van der Waals surface area (Å²) < 4.78 is 0. The Balaban J connectivity index is 1.79. The van der Waals surface area contributed by atoms with Gasteiger partial charge in [-0.15, -0.1) is 24.5 Å². The highest BCUT2D eigenvalue weighted by molar-refractivity contribution is 7.17. The van der Waals surface area contributed by atoms with E-state index >= 15 is 0 Å². The molecule has 0 amide bonds. The Bertz CT molecular complexity index is 1090. The van der Waals surface area contributed by atoms with Crippen molar-refractivity contribution in [2.45, 2.75) is 0 Å². The van der Waals surface area contributed by atoms with Gasteiger partial charge < -0.3 is 4.90 Å². The first-order valence-electron chi connectivity index (χ1n) is 9.16. The first-order valence-corrected chi connectivity index (χ1v) is 10.0. The van der Waals surface area contributed by atoms with E-state index in [-0.39, 0.29) is 0 Å². The van der Waals surface area contributed by atoms with E-state index in [1.165, 1.54) is 16.7 Å². The van der Waals surface area contributed by atoms with Crippen LogP contribution >= 0.6 is 11.3 Å². The zero-order valence-electron chi connectivity index (χ0n) is 15.6. The van der Waals surface area contributed by atoms with E-state index in [1.54, 1.807) is 17.7 Å². The van der Waals surface area contributed by atoms with Crippen molar-refractivity contribution in [3.05, 3.63) is 91.6 Å². The number of anilines is 1. The molecule has 0 fully saturated rings. The highest BCUT2D eigenvalue weighted by atomic mass is 32.1. The van der Waals surface area contributed by atoms with Gasteiger partial charge in [-0.05, 0) is 16.7 Å². The second-order valence-corrected chi connectivity index (χ2v) is 7.31. The number of thiophene rings is 1. The van der Waals surface area contributed by atoms with E-state index in [1.807, 2.05) is 18.2 Å². The standard InChI is InChI=1S/C24H21N3S/c1-3-14-27(15-4-2)23-22-21(16-28-24(22)26-17-25-23)20-12-10-19(11-13-20)18-8-6-5-7-9-18/h3-13,16-17H,1-2,14-15H2. The second-order valence-electron chi connectivity index (χ2n) is 6.45. The molecule has 0 atom stereocenters. The van der Waals surface area contributed by atoms with Crippen molar-refractivity contribution >= 4 is 27.4 Å². The van der Waals surface area contributed by atoms with Crippen LogP contribution in [-0.4, -0.2) is 23.1 Å². The molecule has 0 aliphatic heterocycles. The van der Waals surface area contributed by atoms with Crippen molar-refractivity contribution in [1.29, 1.82) is 0 Å². The molecule has 2 aromatic carbocycles. The van der Waals surface area contributed by atoms with Crippen molar-refractivity contribution in [2.24, 2.45) is 0 Å². The van der Waals surface area contributed by atoms with E-state index < -0.39 is 0 Å². The van der Waals surface area contributed by atoms with Crippen LogP contribution in [0.2, 0.25) is 0 Å². The van der Waals surface area contributed by atoms with Gasteiger partial charge >= 0.3 is 0 Å². The molecule has 2 aromatic heterocycles. The summed E-state index contributed by atoms with van der Waals surface area (Å²) in [4.78, 5) is 12.2. The lowest BCUT2D eigenvalue weighted by molar-refractivity contribution is 0.929. The second kappa shape index (κ2) is 8.19. The fourth-order valence-electron chi connectivity index (χ4n) is 3.34. The van der Waals surface area contributed by atoms with Gasteiger partial charge in [-0.1, -0.05) is 66.7 Å². The van der Waals surface area contributed by atoms with Crippen molar-refractivity contribution in [2.75, 3.05) is 18.0 Å². The molecule has 0 spiro atoms. The number of nitrogens with zero attached hydrogens (tertiary/aromatic N) is 3. The van der Waals surface area contributed by atoms with Crippen molar-refractivity contribution in [3.8, 4) is 22.3 Å². The number of hydrogen-bond donors (Lipinski definition) is 0. The van der Waals surface area contributed by atoms with Gasteiger partial charge in [0, 0.05) is 24.0 Å². The van der Waals surface area contributed by atoms with Crippen molar-refractivity contribution in [3.63, 3.8) is 0 Å². The quantitative estimate of drug-likeness (QED) is 0.356. The average Bonchev–Trinajstić information content (AvgIpc) is 3.19. The van der Waals surface area contributed by atoms with Crippen LogP contribution in [0.4, 0.5) is 5.82 Å². The number of rotatable bonds is 7. The summed E-state index contributed by atoms with van der Waals surface area (Å²) in [6.45, 7) is 9.17. The Morgan fingerprint density at radius 1 is 0.821 bits per heavy atom. The lowest BCUT2D eigenvalue weighted by Gasteiger charge is -2.21. The Labute approximate surface area is 169 Å². The van der Waals surface area contributed by atoms with Crippen LogP contribution in [0.1, 0.15) is 0 Å². The summed E-state index contributed by atoms with van der Waals surface area (Å²) in [6.07, 6.45) is 5.41. The van der Waals surface area contributed by atoms with E-state index in [0.717, 1.165) is 21.6 Å². The van der Waals surface area contributed by atoms with Crippen LogP contribution < -0.4 is 4.90 Å². The molecule has 28 heavy (non-hydrogen) atoms. The average molecular weight is 384 g/mol. The summed E-state index contributed by atoms with van der Waals surface area (Å²) in [5.74, 6) is 0.924. The molecule has 3 nitrogen and oxygen atoms in total. The molecular formula is C24H21N3S. The SMILES string of the molecule is C=CCN(CC=C)c1ncnc2scc(-c3ccc(-c4ccccc4)cc3)c12. The van der Waals surface area contributed by atoms with E-state index in [9.17, 15) is 0 Å². The van der Waals surface area contributed by atoms with E-state index in [0.29, 0.717) is 13.1 Å². The normalized spacial score (nSPS) is 10.7. The zero-order chi connectivity index (χ0) is 19.3. The predicted octanol–water partition coefficient (Wildman–Crippen LogP) is 6.20. The molecule has 0 saturated heterocycles. The fourth-order valence-corrected chi connectivity index (χ4v) is 4.25. The van der Waals surface area contributed by atoms with Gasteiger partial charge in [0.1, 0.15) is 17.0 Å². The summed E-state index contributed by atoms with van der Waals surface area (Å²) in [5, 5.41) is 3.25. The maximum atomic E-state index is 4.59. The highest BCUT2D eigenvalue weighted by Crippen LogP contribution is 2.38. The van der Waals surface area contributed by atoms with Gasteiger partial charge in [-0.25, -0.2) is 9.97 Å². The summed E-state index contributed by atoms with van der Waals surface area (Å²) in [5.41, 5.74) is 4.75. The molecule has 0 saturated carbocycles. The third-order valence-electron chi connectivity index (χ3n) is 4.65. The van der Waals surface area contributed by atoms with Crippen molar-refractivity contribution < 1.29 is 0 Å². The fraction of sp³-hybridized carbons (Fsp3) is 0.0833. The first-order chi connectivity index (χ1) is 13.8. The lowest BCUT2D eigenvalue weighted by Crippen LogP contribution is -2.24. The van der Waals surface area contributed by atoms with Gasteiger partial charge in [0.15, 0.2) is 0 Å². The topological polar surface area (TPSA) is 29.0 Å². The van der Waals surface area contributed by atoms with E-state index in [4.69, 9.17) is 0 Å². The molecule has 4 aromatic rings. The smallest absolute Gasteiger partial charge is 0.141 e. The molecular weight excluding hydrogens is 362 g/mol. The maximum Gasteiger partial charge on any atom is 0.141 e. The maximum absolute atomic E-state index is 4.59. The zero-order valence-corrected chi connectivity index (χ0v) is 16.4. The van der Waals surface area contributed by atoms with Gasteiger partial charge in [-0.2, -0.15) is 0 Å². The predicted molar refractivity (Wildman–Crippen MR) is 121 cm³/mol. The monoisotopic (exact) mass is 383 g/mol. The Kier molecular flexibility index (Phi) is 5.31. The third kappa shape index (κ3) is 3.47. The molecule has 2 heterocycles. The molecule has 0 radical (unpaired) electrons. The molecule has 0 aliphatic carbocycles. The minimum atomic E-state index is 0.709. The van der Waals surface area contributed by atoms with Crippen LogP contribution in [0.25, 0.3) is 32.5 Å².